The van der Waals surface area contributed by atoms with Gasteiger partial charge in [-0.3, -0.25) is 0 Å². The van der Waals surface area contributed by atoms with E-state index >= 15 is 0 Å². The zero-order valence-corrected chi connectivity index (χ0v) is 7.25. The molecule has 1 aromatic rings. The predicted molar refractivity (Wildman–Crippen MR) is 48.9 cm³/mol. The van der Waals surface area contributed by atoms with Crippen molar-refractivity contribution in [2.45, 2.75) is 13.3 Å². The monoisotopic (exact) mass is 166 g/mol. The third kappa shape index (κ3) is 2.84. The van der Waals surface area contributed by atoms with Crippen LogP contribution >= 0.6 is 0 Å². The molecule has 0 aliphatic heterocycles. The van der Waals surface area contributed by atoms with Gasteiger partial charge < -0.3 is 11.1 Å². The summed E-state index contributed by atoms with van der Waals surface area (Å²) in [4.78, 5) is 8.17. The smallest absolute Gasteiger partial charge is 0.222 e. The van der Waals surface area contributed by atoms with E-state index in [9.17, 15) is 0 Å². The summed E-state index contributed by atoms with van der Waals surface area (Å²) in [7, 11) is 0. The third-order valence-corrected chi connectivity index (χ3v) is 1.44. The van der Waals surface area contributed by atoms with E-state index in [0.717, 1.165) is 18.5 Å². The first kappa shape index (κ1) is 8.93. The van der Waals surface area contributed by atoms with E-state index in [4.69, 9.17) is 5.73 Å². The number of hydrogen-bond donors (Lipinski definition) is 2. The van der Waals surface area contributed by atoms with E-state index in [1.807, 2.05) is 6.92 Å². The number of nitrogens with one attached hydrogen (secondary N) is 1. The normalized spacial score (nSPS) is 9.83. The minimum Gasteiger partial charge on any atom is -0.354 e. The molecular weight excluding hydrogens is 152 g/mol. The van der Waals surface area contributed by atoms with Gasteiger partial charge in [-0.2, -0.15) is 0 Å². The van der Waals surface area contributed by atoms with Gasteiger partial charge in [0.1, 0.15) is 0 Å². The SMILES string of the molecule is Cc1cnc(NCCCN)nc1. The van der Waals surface area contributed by atoms with Crippen LogP contribution in [0.4, 0.5) is 5.95 Å². The van der Waals surface area contributed by atoms with Crippen LogP contribution in [-0.2, 0) is 0 Å². The summed E-state index contributed by atoms with van der Waals surface area (Å²) in [6, 6.07) is 0. The molecule has 1 aromatic heterocycles. The zero-order chi connectivity index (χ0) is 8.81. The van der Waals surface area contributed by atoms with Crippen LogP contribution in [0.2, 0.25) is 0 Å². The van der Waals surface area contributed by atoms with Gasteiger partial charge >= 0.3 is 0 Å². The molecule has 4 heteroatoms. The first-order chi connectivity index (χ1) is 5.83. The van der Waals surface area contributed by atoms with E-state index in [0.29, 0.717) is 12.5 Å². The predicted octanol–water partition coefficient (Wildman–Crippen LogP) is 0.546. The number of aryl methyl sites for hydroxylation is 1. The van der Waals surface area contributed by atoms with Crippen molar-refractivity contribution in [3.63, 3.8) is 0 Å². The average molecular weight is 166 g/mol. The van der Waals surface area contributed by atoms with Crippen molar-refractivity contribution in [1.82, 2.24) is 9.97 Å². The fraction of sp³-hybridized carbons (Fsp3) is 0.500. The van der Waals surface area contributed by atoms with E-state index in [2.05, 4.69) is 15.3 Å². The lowest BCUT2D eigenvalue weighted by Crippen LogP contribution is -2.10. The van der Waals surface area contributed by atoms with Crippen LogP contribution in [0.25, 0.3) is 0 Å². The van der Waals surface area contributed by atoms with Gasteiger partial charge in [0.25, 0.3) is 0 Å². The molecule has 12 heavy (non-hydrogen) atoms. The van der Waals surface area contributed by atoms with Crippen LogP contribution < -0.4 is 11.1 Å². The molecule has 66 valence electrons. The molecule has 0 saturated carbocycles. The molecule has 0 amide bonds. The largest absolute Gasteiger partial charge is 0.354 e. The third-order valence-electron chi connectivity index (χ3n) is 1.44. The summed E-state index contributed by atoms with van der Waals surface area (Å²) in [6.07, 6.45) is 4.52. The summed E-state index contributed by atoms with van der Waals surface area (Å²) >= 11 is 0. The number of nitrogens with two attached hydrogens (primary N) is 1. The van der Waals surface area contributed by atoms with E-state index in [1.54, 1.807) is 12.4 Å². The van der Waals surface area contributed by atoms with Crippen molar-refractivity contribution in [2.75, 3.05) is 18.4 Å². The summed E-state index contributed by atoms with van der Waals surface area (Å²) < 4.78 is 0. The second kappa shape index (κ2) is 4.66. The molecule has 4 nitrogen and oxygen atoms in total. The minimum absolute atomic E-state index is 0.675. The van der Waals surface area contributed by atoms with Gasteiger partial charge in [-0.25, -0.2) is 9.97 Å². The van der Waals surface area contributed by atoms with Gasteiger partial charge in [-0.05, 0) is 25.5 Å². The molecule has 0 saturated heterocycles. The van der Waals surface area contributed by atoms with Crippen LogP contribution in [0.1, 0.15) is 12.0 Å². The van der Waals surface area contributed by atoms with E-state index in [1.165, 1.54) is 0 Å². The van der Waals surface area contributed by atoms with Crippen molar-refractivity contribution in [1.29, 1.82) is 0 Å². The highest BCUT2D eigenvalue weighted by molar-refractivity contribution is 5.23. The number of nitrogens with zero attached hydrogens (tertiary/aromatic N) is 2. The standard InChI is InChI=1S/C8H14N4/c1-7-5-11-8(12-6-7)10-4-2-3-9/h5-6H,2-4,9H2,1H3,(H,10,11,12). The lowest BCUT2D eigenvalue weighted by molar-refractivity contribution is 0.863. The Bertz CT molecular complexity index is 219. The molecule has 0 spiro atoms. The molecular formula is C8H14N4. The van der Waals surface area contributed by atoms with Crippen LogP contribution in [0.3, 0.4) is 0 Å². The Morgan fingerprint density at radius 1 is 1.42 bits per heavy atom. The Morgan fingerprint density at radius 2 is 2.08 bits per heavy atom. The van der Waals surface area contributed by atoms with Gasteiger partial charge in [0, 0.05) is 18.9 Å². The molecule has 1 heterocycles. The fourth-order valence-corrected chi connectivity index (χ4v) is 0.786. The Labute approximate surface area is 72.2 Å². The zero-order valence-electron chi connectivity index (χ0n) is 7.25. The highest BCUT2D eigenvalue weighted by Gasteiger charge is 1.92. The van der Waals surface area contributed by atoms with Crippen molar-refractivity contribution < 1.29 is 0 Å². The minimum atomic E-state index is 0.675. The average Bonchev–Trinajstić information content (AvgIpc) is 2.09. The van der Waals surface area contributed by atoms with Gasteiger partial charge in [0.05, 0.1) is 0 Å². The Hall–Kier alpha value is -1.16. The number of anilines is 1. The molecule has 0 atom stereocenters. The Kier molecular flexibility index (Phi) is 3.47. The topological polar surface area (TPSA) is 63.8 Å². The van der Waals surface area contributed by atoms with Crippen LogP contribution in [0, 0.1) is 6.92 Å². The number of hydrogen-bond acceptors (Lipinski definition) is 4. The van der Waals surface area contributed by atoms with Crippen LogP contribution in [-0.4, -0.2) is 23.1 Å². The molecule has 1 rings (SSSR count). The number of rotatable bonds is 4. The van der Waals surface area contributed by atoms with E-state index in [-0.39, 0.29) is 0 Å². The summed E-state index contributed by atoms with van der Waals surface area (Å²) in [5.74, 6) is 0.675. The van der Waals surface area contributed by atoms with Crippen molar-refractivity contribution in [2.24, 2.45) is 5.73 Å². The Balaban J connectivity index is 2.37. The van der Waals surface area contributed by atoms with Gasteiger partial charge in [-0.15, -0.1) is 0 Å². The highest BCUT2D eigenvalue weighted by atomic mass is 15.1. The Morgan fingerprint density at radius 3 is 2.67 bits per heavy atom. The second-order valence-electron chi connectivity index (χ2n) is 2.65. The second-order valence-corrected chi connectivity index (χ2v) is 2.65. The molecule has 0 aromatic carbocycles. The van der Waals surface area contributed by atoms with Crippen LogP contribution in [0.5, 0.6) is 0 Å². The van der Waals surface area contributed by atoms with Gasteiger partial charge in [-0.1, -0.05) is 0 Å². The summed E-state index contributed by atoms with van der Waals surface area (Å²) in [6.45, 7) is 3.49. The lowest BCUT2D eigenvalue weighted by atomic mass is 10.4. The maximum absolute atomic E-state index is 5.34. The molecule has 0 radical (unpaired) electrons. The van der Waals surface area contributed by atoms with Gasteiger partial charge in [0.15, 0.2) is 0 Å². The molecule has 0 bridgehead atoms. The summed E-state index contributed by atoms with van der Waals surface area (Å²) in [5.41, 5.74) is 6.40. The highest BCUT2D eigenvalue weighted by Crippen LogP contribution is 1.97. The fourth-order valence-electron chi connectivity index (χ4n) is 0.786. The molecule has 0 aliphatic carbocycles. The quantitative estimate of drug-likeness (QED) is 0.641. The van der Waals surface area contributed by atoms with Crippen molar-refractivity contribution >= 4 is 5.95 Å². The molecule has 0 aliphatic rings. The molecule has 0 unspecified atom stereocenters. The maximum Gasteiger partial charge on any atom is 0.222 e. The first-order valence-electron chi connectivity index (χ1n) is 4.05. The number of aromatic nitrogens is 2. The molecule has 0 fully saturated rings. The lowest BCUT2D eigenvalue weighted by Gasteiger charge is -2.02. The van der Waals surface area contributed by atoms with Crippen LogP contribution in [0.15, 0.2) is 12.4 Å². The summed E-state index contributed by atoms with van der Waals surface area (Å²) in [5, 5.41) is 3.07. The first-order valence-corrected chi connectivity index (χ1v) is 4.05. The van der Waals surface area contributed by atoms with Gasteiger partial charge in [0.2, 0.25) is 5.95 Å². The maximum atomic E-state index is 5.34. The van der Waals surface area contributed by atoms with Crippen molar-refractivity contribution in [3.8, 4) is 0 Å². The molecule has 3 N–H and O–H groups in total. The van der Waals surface area contributed by atoms with E-state index < -0.39 is 0 Å². The van der Waals surface area contributed by atoms with Crippen molar-refractivity contribution in [3.05, 3.63) is 18.0 Å².